The summed E-state index contributed by atoms with van der Waals surface area (Å²) in [6.07, 6.45) is 0. The Kier molecular flexibility index (Phi) is 11.7. The maximum atomic E-state index is 11.8. The van der Waals surface area contributed by atoms with Crippen molar-refractivity contribution in [3.8, 4) is 11.5 Å². The number of aromatic carboxylic acids is 2. The molecule has 7 heteroatoms. The SMILES string of the molecule is CC(C)c1cc(C(=O)O)c([O-])c(C(C)C)c1.CC(C)c1cc(C(=O)O)c([O-])c(C(C)C)c1.[Cu]. The third kappa shape index (κ3) is 7.79. The molecule has 1 radical (unpaired) electrons. The Morgan fingerprint density at radius 2 is 0.879 bits per heavy atom. The van der Waals surface area contributed by atoms with Gasteiger partial charge >= 0.3 is 11.9 Å². The summed E-state index contributed by atoms with van der Waals surface area (Å²) >= 11 is 0. The molecule has 6 nitrogen and oxygen atoms in total. The van der Waals surface area contributed by atoms with Crippen LogP contribution in [0.4, 0.5) is 0 Å². The van der Waals surface area contributed by atoms with Crippen molar-refractivity contribution in [3.05, 3.63) is 57.6 Å². The number of rotatable bonds is 6. The molecular formula is C26H34CuO6-2. The number of benzene rings is 2. The minimum absolute atomic E-state index is 0. The van der Waals surface area contributed by atoms with Gasteiger partial charge in [0.05, 0.1) is 11.1 Å². The van der Waals surface area contributed by atoms with Crippen molar-refractivity contribution in [1.29, 1.82) is 0 Å². The first-order valence-corrected chi connectivity index (χ1v) is 10.8. The van der Waals surface area contributed by atoms with Crippen LogP contribution < -0.4 is 10.2 Å². The molecule has 187 valence electrons. The van der Waals surface area contributed by atoms with Gasteiger partial charge in [0.2, 0.25) is 0 Å². The monoisotopic (exact) mass is 505 g/mol. The van der Waals surface area contributed by atoms with Crippen LogP contribution in [-0.2, 0) is 17.1 Å². The zero-order valence-corrected chi connectivity index (χ0v) is 21.4. The molecule has 0 aliphatic carbocycles. The zero-order valence-electron chi connectivity index (χ0n) is 20.4. The summed E-state index contributed by atoms with van der Waals surface area (Å²) in [7, 11) is 0. The van der Waals surface area contributed by atoms with E-state index in [-0.39, 0.29) is 63.4 Å². The van der Waals surface area contributed by atoms with E-state index in [1.807, 2.05) is 67.5 Å². The third-order valence-electron chi connectivity index (χ3n) is 5.32. The molecule has 2 rings (SSSR count). The standard InChI is InChI=1S/2C13H18O3.Cu/c2*1-7(2)9-5-10(8(3)4)12(14)11(6-9)13(15)16;/h2*5-8,14H,1-4H3,(H,15,16);/p-2. The van der Waals surface area contributed by atoms with Crippen molar-refractivity contribution in [2.45, 2.75) is 79.1 Å². The van der Waals surface area contributed by atoms with Crippen LogP contribution >= 0.6 is 0 Å². The van der Waals surface area contributed by atoms with Gasteiger partial charge in [0.1, 0.15) is 0 Å². The van der Waals surface area contributed by atoms with Gasteiger partial charge < -0.3 is 20.4 Å². The Hall–Kier alpha value is -2.50. The van der Waals surface area contributed by atoms with E-state index in [0.717, 1.165) is 11.1 Å². The molecule has 0 aliphatic heterocycles. The maximum absolute atomic E-state index is 11.8. The van der Waals surface area contributed by atoms with Crippen molar-refractivity contribution < 1.29 is 47.1 Å². The molecule has 0 saturated carbocycles. The van der Waals surface area contributed by atoms with Gasteiger partial charge in [0, 0.05) is 17.1 Å². The van der Waals surface area contributed by atoms with Gasteiger partial charge in [-0.25, -0.2) is 9.59 Å². The quantitative estimate of drug-likeness (QED) is 0.506. The van der Waals surface area contributed by atoms with Gasteiger partial charge in [-0.15, -0.1) is 0 Å². The smallest absolute Gasteiger partial charge is 0.335 e. The number of carbonyl (C=O) groups is 2. The second kappa shape index (κ2) is 12.7. The van der Waals surface area contributed by atoms with Crippen LogP contribution in [0.1, 0.15) is 122 Å². The first kappa shape index (κ1) is 30.5. The second-order valence-electron chi connectivity index (χ2n) is 9.20. The van der Waals surface area contributed by atoms with Crippen LogP contribution in [-0.4, -0.2) is 22.2 Å². The van der Waals surface area contributed by atoms with Crippen LogP contribution in [0, 0.1) is 0 Å². The molecule has 2 aromatic rings. The third-order valence-corrected chi connectivity index (χ3v) is 5.32. The van der Waals surface area contributed by atoms with E-state index in [4.69, 9.17) is 10.2 Å². The van der Waals surface area contributed by atoms with E-state index in [2.05, 4.69) is 0 Å². The molecule has 33 heavy (non-hydrogen) atoms. The molecule has 0 fully saturated rings. The van der Waals surface area contributed by atoms with Crippen LogP contribution in [0.25, 0.3) is 0 Å². The van der Waals surface area contributed by atoms with Gasteiger partial charge in [0.25, 0.3) is 0 Å². The van der Waals surface area contributed by atoms with Crippen molar-refractivity contribution >= 4 is 11.9 Å². The van der Waals surface area contributed by atoms with Gasteiger partial charge in [0.15, 0.2) is 0 Å². The van der Waals surface area contributed by atoms with Gasteiger partial charge in [-0.3, -0.25) is 0 Å². The summed E-state index contributed by atoms with van der Waals surface area (Å²) in [6, 6.07) is 6.62. The van der Waals surface area contributed by atoms with Crippen LogP contribution in [0.15, 0.2) is 24.3 Å². The van der Waals surface area contributed by atoms with E-state index in [9.17, 15) is 19.8 Å². The first-order chi connectivity index (χ1) is 14.7. The van der Waals surface area contributed by atoms with Gasteiger partial charge in [-0.1, -0.05) is 90.1 Å². The number of carboxylic acid groups (broad SMARTS) is 2. The molecule has 0 heterocycles. The summed E-state index contributed by atoms with van der Waals surface area (Å²) in [6.45, 7) is 15.5. The molecule has 0 aromatic heterocycles. The summed E-state index contributed by atoms with van der Waals surface area (Å²) in [5.41, 5.74) is 2.75. The molecule has 0 spiro atoms. The van der Waals surface area contributed by atoms with E-state index in [1.165, 1.54) is 12.1 Å². The largest absolute Gasteiger partial charge is 0.872 e. The van der Waals surface area contributed by atoms with Crippen LogP contribution in [0.3, 0.4) is 0 Å². The van der Waals surface area contributed by atoms with Gasteiger partial charge in [-0.05, 0) is 46.9 Å². The Morgan fingerprint density at radius 3 is 1.06 bits per heavy atom. The molecule has 0 saturated heterocycles. The minimum atomic E-state index is -1.14. The van der Waals surface area contributed by atoms with E-state index in [1.54, 1.807) is 0 Å². The molecular weight excluding hydrogens is 472 g/mol. The Morgan fingerprint density at radius 1 is 0.606 bits per heavy atom. The molecule has 0 unspecified atom stereocenters. The predicted octanol–water partition coefficient (Wildman–Crippen LogP) is 5.41. The van der Waals surface area contributed by atoms with E-state index >= 15 is 0 Å². The fourth-order valence-corrected chi connectivity index (χ4v) is 3.19. The normalized spacial score (nSPS) is 10.8. The minimum Gasteiger partial charge on any atom is -0.872 e. The molecule has 0 aliphatic rings. The number of hydrogen-bond acceptors (Lipinski definition) is 4. The topological polar surface area (TPSA) is 121 Å². The van der Waals surface area contributed by atoms with Crippen molar-refractivity contribution in [1.82, 2.24) is 0 Å². The number of hydrogen-bond donors (Lipinski definition) is 2. The fourth-order valence-electron chi connectivity index (χ4n) is 3.19. The van der Waals surface area contributed by atoms with Crippen molar-refractivity contribution in [2.24, 2.45) is 0 Å². The first-order valence-electron chi connectivity index (χ1n) is 10.8. The molecule has 0 atom stereocenters. The summed E-state index contributed by atoms with van der Waals surface area (Å²) in [5.74, 6) is -2.47. The molecule has 0 amide bonds. The summed E-state index contributed by atoms with van der Waals surface area (Å²) in [5, 5.41) is 41.6. The Bertz CT molecular complexity index is 898. The molecule has 2 N–H and O–H groups in total. The second-order valence-corrected chi connectivity index (χ2v) is 9.20. The zero-order chi connectivity index (χ0) is 24.9. The fraction of sp³-hybridized carbons (Fsp3) is 0.462. The van der Waals surface area contributed by atoms with E-state index in [0.29, 0.717) is 11.1 Å². The molecule has 0 bridgehead atoms. The summed E-state index contributed by atoms with van der Waals surface area (Å²) < 4.78 is 0. The average molecular weight is 506 g/mol. The number of carboxylic acids is 2. The summed E-state index contributed by atoms with van der Waals surface area (Å²) in [4.78, 5) is 21.9. The van der Waals surface area contributed by atoms with Crippen LogP contribution in [0.5, 0.6) is 11.5 Å². The van der Waals surface area contributed by atoms with Crippen molar-refractivity contribution in [2.75, 3.05) is 0 Å². The molecule has 2 aromatic carbocycles. The maximum Gasteiger partial charge on any atom is 0.335 e. The predicted molar refractivity (Wildman–Crippen MR) is 122 cm³/mol. The van der Waals surface area contributed by atoms with Crippen LogP contribution in [0.2, 0.25) is 0 Å². The average Bonchev–Trinajstić information content (AvgIpc) is 2.67. The Balaban J connectivity index is 0.000000602. The van der Waals surface area contributed by atoms with Gasteiger partial charge in [-0.2, -0.15) is 0 Å². The van der Waals surface area contributed by atoms with E-state index < -0.39 is 11.9 Å². The van der Waals surface area contributed by atoms with Crippen molar-refractivity contribution in [3.63, 3.8) is 0 Å². The Labute approximate surface area is 207 Å².